The third kappa shape index (κ3) is 4.64. The first-order chi connectivity index (χ1) is 12.5. The van der Waals surface area contributed by atoms with Crippen molar-refractivity contribution in [2.24, 2.45) is 0 Å². The van der Waals surface area contributed by atoms with Crippen LogP contribution in [-0.4, -0.2) is 5.11 Å². The molecule has 3 heteroatoms. The SMILES string of the molecule is CC(C)(O)c1cccc(OCc2ccccc2)c1OCc1ccccc1. The molecular formula is C23H24O3. The minimum absolute atomic E-state index is 0.412. The van der Waals surface area contributed by atoms with Crippen LogP contribution in [0.4, 0.5) is 0 Å². The molecule has 0 heterocycles. The van der Waals surface area contributed by atoms with E-state index in [0.29, 0.717) is 30.3 Å². The Labute approximate surface area is 154 Å². The lowest BCUT2D eigenvalue weighted by molar-refractivity contribution is 0.0734. The molecule has 0 bridgehead atoms. The molecule has 0 amide bonds. The normalized spacial score (nSPS) is 11.2. The summed E-state index contributed by atoms with van der Waals surface area (Å²) >= 11 is 0. The first kappa shape index (κ1) is 18.0. The van der Waals surface area contributed by atoms with E-state index in [1.807, 2.05) is 78.9 Å². The Kier molecular flexibility index (Phi) is 5.59. The molecule has 134 valence electrons. The number of aliphatic hydroxyl groups is 1. The molecule has 0 aliphatic carbocycles. The Morgan fingerprint density at radius 3 is 1.77 bits per heavy atom. The van der Waals surface area contributed by atoms with Crippen LogP contribution in [0.1, 0.15) is 30.5 Å². The fraction of sp³-hybridized carbons (Fsp3) is 0.217. The summed E-state index contributed by atoms with van der Waals surface area (Å²) in [5.74, 6) is 1.21. The van der Waals surface area contributed by atoms with Gasteiger partial charge in [-0.25, -0.2) is 0 Å². The number of para-hydroxylation sites is 1. The molecule has 0 radical (unpaired) electrons. The lowest BCUT2D eigenvalue weighted by atomic mass is 9.97. The van der Waals surface area contributed by atoms with Gasteiger partial charge in [0.1, 0.15) is 13.2 Å². The van der Waals surface area contributed by atoms with Crippen LogP contribution in [0.5, 0.6) is 11.5 Å². The average Bonchev–Trinajstić information content (AvgIpc) is 2.66. The van der Waals surface area contributed by atoms with Gasteiger partial charge < -0.3 is 14.6 Å². The van der Waals surface area contributed by atoms with Gasteiger partial charge in [0.2, 0.25) is 0 Å². The van der Waals surface area contributed by atoms with Gasteiger partial charge in [0.15, 0.2) is 11.5 Å². The van der Waals surface area contributed by atoms with Crippen molar-refractivity contribution in [3.63, 3.8) is 0 Å². The standard InChI is InChI=1S/C23H24O3/c1-23(2,24)20-14-9-15-21(25-16-18-10-5-3-6-11-18)22(20)26-17-19-12-7-4-8-13-19/h3-15,24H,16-17H2,1-2H3. The number of hydrogen-bond donors (Lipinski definition) is 1. The Balaban J connectivity index is 1.85. The summed E-state index contributed by atoms with van der Waals surface area (Å²) in [6.45, 7) is 4.35. The topological polar surface area (TPSA) is 38.7 Å². The summed E-state index contributed by atoms with van der Waals surface area (Å²) in [6, 6.07) is 25.6. The van der Waals surface area contributed by atoms with Crippen LogP contribution < -0.4 is 9.47 Å². The van der Waals surface area contributed by atoms with Crippen molar-refractivity contribution in [1.29, 1.82) is 0 Å². The van der Waals surface area contributed by atoms with Crippen molar-refractivity contribution in [1.82, 2.24) is 0 Å². The van der Waals surface area contributed by atoms with E-state index in [-0.39, 0.29) is 0 Å². The van der Waals surface area contributed by atoms with Crippen molar-refractivity contribution < 1.29 is 14.6 Å². The van der Waals surface area contributed by atoms with Crippen LogP contribution in [0.15, 0.2) is 78.9 Å². The van der Waals surface area contributed by atoms with Gasteiger partial charge in [-0.05, 0) is 31.0 Å². The second kappa shape index (κ2) is 8.07. The van der Waals surface area contributed by atoms with E-state index < -0.39 is 5.60 Å². The zero-order chi connectivity index (χ0) is 18.4. The molecule has 0 aliphatic heterocycles. The van der Waals surface area contributed by atoms with Gasteiger partial charge in [0, 0.05) is 5.56 Å². The number of rotatable bonds is 7. The number of benzene rings is 3. The minimum atomic E-state index is -1.03. The Bertz CT molecular complexity index is 821. The van der Waals surface area contributed by atoms with Crippen LogP contribution in [0.2, 0.25) is 0 Å². The maximum Gasteiger partial charge on any atom is 0.167 e. The fourth-order valence-corrected chi connectivity index (χ4v) is 2.73. The van der Waals surface area contributed by atoms with Gasteiger partial charge in [-0.2, -0.15) is 0 Å². The predicted octanol–water partition coefficient (Wildman–Crippen LogP) is 5.07. The van der Waals surface area contributed by atoms with Gasteiger partial charge in [-0.15, -0.1) is 0 Å². The van der Waals surface area contributed by atoms with Gasteiger partial charge in [-0.1, -0.05) is 72.8 Å². The molecule has 0 unspecified atom stereocenters. The smallest absolute Gasteiger partial charge is 0.167 e. The molecule has 0 saturated heterocycles. The van der Waals surface area contributed by atoms with E-state index in [1.165, 1.54) is 0 Å². The molecular weight excluding hydrogens is 324 g/mol. The molecule has 3 nitrogen and oxygen atoms in total. The first-order valence-corrected chi connectivity index (χ1v) is 8.73. The van der Waals surface area contributed by atoms with Crippen LogP contribution in [0.25, 0.3) is 0 Å². The van der Waals surface area contributed by atoms with Crippen molar-refractivity contribution in [2.75, 3.05) is 0 Å². The van der Waals surface area contributed by atoms with Crippen molar-refractivity contribution in [3.8, 4) is 11.5 Å². The third-order valence-electron chi connectivity index (χ3n) is 4.10. The Morgan fingerprint density at radius 2 is 1.23 bits per heavy atom. The molecule has 3 rings (SSSR count). The summed E-state index contributed by atoms with van der Waals surface area (Å²) in [5, 5.41) is 10.5. The van der Waals surface area contributed by atoms with Crippen molar-refractivity contribution in [2.45, 2.75) is 32.7 Å². The molecule has 0 aromatic heterocycles. The van der Waals surface area contributed by atoms with Gasteiger partial charge in [0.25, 0.3) is 0 Å². The summed E-state index contributed by atoms with van der Waals surface area (Å²) in [4.78, 5) is 0. The van der Waals surface area contributed by atoms with Crippen molar-refractivity contribution >= 4 is 0 Å². The van der Waals surface area contributed by atoms with Crippen LogP contribution in [0.3, 0.4) is 0 Å². The fourth-order valence-electron chi connectivity index (χ4n) is 2.73. The molecule has 0 fully saturated rings. The highest BCUT2D eigenvalue weighted by Crippen LogP contribution is 2.38. The molecule has 0 saturated carbocycles. The first-order valence-electron chi connectivity index (χ1n) is 8.73. The van der Waals surface area contributed by atoms with Crippen LogP contribution in [-0.2, 0) is 18.8 Å². The Morgan fingerprint density at radius 1 is 0.692 bits per heavy atom. The third-order valence-corrected chi connectivity index (χ3v) is 4.10. The monoisotopic (exact) mass is 348 g/mol. The molecule has 0 aliphatic rings. The van der Waals surface area contributed by atoms with Crippen molar-refractivity contribution in [3.05, 3.63) is 95.6 Å². The lowest BCUT2D eigenvalue weighted by Crippen LogP contribution is -2.17. The molecule has 3 aromatic carbocycles. The predicted molar refractivity (Wildman–Crippen MR) is 103 cm³/mol. The largest absolute Gasteiger partial charge is 0.485 e. The highest BCUT2D eigenvalue weighted by Gasteiger charge is 2.24. The van der Waals surface area contributed by atoms with Gasteiger partial charge >= 0.3 is 0 Å². The summed E-state index contributed by atoms with van der Waals surface area (Å²) in [5.41, 5.74) is 1.82. The molecule has 1 N–H and O–H groups in total. The maximum absolute atomic E-state index is 10.5. The van der Waals surface area contributed by atoms with E-state index in [2.05, 4.69) is 0 Å². The minimum Gasteiger partial charge on any atom is -0.485 e. The highest BCUT2D eigenvalue weighted by atomic mass is 16.5. The second-order valence-electron chi connectivity index (χ2n) is 6.74. The van der Waals surface area contributed by atoms with Gasteiger partial charge in [0.05, 0.1) is 5.60 Å². The number of hydrogen-bond acceptors (Lipinski definition) is 3. The maximum atomic E-state index is 10.5. The zero-order valence-corrected chi connectivity index (χ0v) is 15.2. The van der Waals surface area contributed by atoms with E-state index in [0.717, 1.165) is 11.1 Å². The summed E-state index contributed by atoms with van der Waals surface area (Å²) in [6.07, 6.45) is 0. The van der Waals surface area contributed by atoms with E-state index >= 15 is 0 Å². The zero-order valence-electron chi connectivity index (χ0n) is 15.2. The molecule has 0 spiro atoms. The molecule has 26 heavy (non-hydrogen) atoms. The summed E-state index contributed by atoms with van der Waals surface area (Å²) in [7, 11) is 0. The van der Waals surface area contributed by atoms with E-state index in [1.54, 1.807) is 13.8 Å². The quantitative estimate of drug-likeness (QED) is 0.648. The van der Waals surface area contributed by atoms with Gasteiger partial charge in [-0.3, -0.25) is 0 Å². The second-order valence-corrected chi connectivity index (χ2v) is 6.74. The van der Waals surface area contributed by atoms with E-state index in [9.17, 15) is 5.11 Å². The molecule has 0 atom stereocenters. The Hall–Kier alpha value is -2.78. The summed E-state index contributed by atoms with van der Waals surface area (Å²) < 4.78 is 12.1. The van der Waals surface area contributed by atoms with Crippen LogP contribution >= 0.6 is 0 Å². The lowest BCUT2D eigenvalue weighted by Gasteiger charge is -2.24. The highest BCUT2D eigenvalue weighted by molar-refractivity contribution is 5.49. The molecule has 3 aromatic rings. The van der Waals surface area contributed by atoms with Crippen LogP contribution in [0, 0.1) is 0 Å². The average molecular weight is 348 g/mol. The number of ether oxygens (including phenoxy) is 2. The van der Waals surface area contributed by atoms with E-state index in [4.69, 9.17) is 9.47 Å².